The lowest BCUT2D eigenvalue weighted by atomic mass is 10.2. The van der Waals surface area contributed by atoms with Crippen LogP contribution in [-0.4, -0.2) is 30.1 Å². The summed E-state index contributed by atoms with van der Waals surface area (Å²) in [7, 11) is 0. The highest BCUT2D eigenvalue weighted by Gasteiger charge is 2.22. The van der Waals surface area contributed by atoms with Crippen LogP contribution >= 0.6 is 0 Å². The number of nitrogens with two attached hydrogens (primary N) is 1. The second-order valence-electron chi connectivity index (χ2n) is 4.09. The van der Waals surface area contributed by atoms with Gasteiger partial charge in [0.1, 0.15) is 11.6 Å². The molecule has 0 aromatic rings. The molecule has 0 aliphatic carbocycles. The van der Waals surface area contributed by atoms with Crippen molar-refractivity contribution in [2.24, 2.45) is 5.73 Å². The quantitative estimate of drug-likeness (QED) is 0.508. The van der Waals surface area contributed by atoms with E-state index in [0.29, 0.717) is 0 Å². The maximum Gasteiger partial charge on any atom is 0.325 e. The molecule has 0 aromatic carbocycles. The fraction of sp³-hybridized carbons (Fsp3) is 0.600. The van der Waals surface area contributed by atoms with Gasteiger partial charge in [0.15, 0.2) is 0 Å². The van der Waals surface area contributed by atoms with Crippen LogP contribution in [0, 0.1) is 0 Å². The van der Waals surface area contributed by atoms with E-state index < -0.39 is 17.6 Å². The summed E-state index contributed by atoms with van der Waals surface area (Å²) in [4.78, 5) is 22.1. The minimum atomic E-state index is -0.854. The molecule has 1 atom stereocenters. The standard InChI is InChI=1S/C10H18N2O3/c1-5-8(13)12-6-7(11)9(14)15-10(2,3)4/h5,7H,1,6,11H2,2-4H3,(H,12,13). The zero-order chi connectivity index (χ0) is 12.1. The van der Waals surface area contributed by atoms with Gasteiger partial charge in [0, 0.05) is 6.54 Å². The van der Waals surface area contributed by atoms with E-state index in [1.807, 2.05) is 0 Å². The van der Waals surface area contributed by atoms with E-state index in [-0.39, 0.29) is 12.5 Å². The largest absolute Gasteiger partial charge is 0.459 e. The minimum absolute atomic E-state index is 0.0414. The van der Waals surface area contributed by atoms with Crippen LogP contribution in [0.2, 0.25) is 0 Å². The van der Waals surface area contributed by atoms with Crippen molar-refractivity contribution in [2.75, 3.05) is 6.54 Å². The fourth-order valence-electron chi connectivity index (χ4n) is 0.744. The van der Waals surface area contributed by atoms with Crippen LogP contribution in [0.5, 0.6) is 0 Å². The summed E-state index contributed by atoms with van der Waals surface area (Å²) in [5.74, 6) is -0.902. The summed E-state index contributed by atoms with van der Waals surface area (Å²) >= 11 is 0. The van der Waals surface area contributed by atoms with E-state index in [0.717, 1.165) is 6.08 Å². The Hall–Kier alpha value is -1.36. The first kappa shape index (κ1) is 13.6. The Morgan fingerprint density at radius 3 is 2.47 bits per heavy atom. The van der Waals surface area contributed by atoms with E-state index in [1.54, 1.807) is 20.8 Å². The molecule has 5 nitrogen and oxygen atoms in total. The molecule has 0 radical (unpaired) electrons. The van der Waals surface area contributed by atoms with Crippen molar-refractivity contribution in [1.29, 1.82) is 0 Å². The maximum absolute atomic E-state index is 11.3. The van der Waals surface area contributed by atoms with Gasteiger partial charge >= 0.3 is 5.97 Å². The molecule has 0 saturated heterocycles. The number of hydrogen-bond donors (Lipinski definition) is 2. The molecule has 0 spiro atoms. The molecule has 1 amide bonds. The molecule has 0 aliphatic rings. The van der Waals surface area contributed by atoms with Crippen LogP contribution in [0.25, 0.3) is 0 Å². The molecule has 0 saturated carbocycles. The van der Waals surface area contributed by atoms with E-state index in [1.165, 1.54) is 0 Å². The highest BCUT2D eigenvalue weighted by atomic mass is 16.6. The predicted octanol–water partition coefficient (Wildman–Crippen LogP) is -0.0424. The van der Waals surface area contributed by atoms with Gasteiger partial charge in [-0.2, -0.15) is 0 Å². The Kier molecular flexibility index (Phi) is 5.00. The molecule has 15 heavy (non-hydrogen) atoms. The Morgan fingerprint density at radius 1 is 1.53 bits per heavy atom. The average molecular weight is 214 g/mol. The summed E-state index contributed by atoms with van der Waals surface area (Å²) in [6.07, 6.45) is 1.11. The average Bonchev–Trinajstić information content (AvgIpc) is 2.10. The van der Waals surface area contributed by atoms with Gasteiger partial charge in [-0.05, 0) is 26.8 Å². The van der Waals surface area contributed by atoms with Gasteiger partial charge in [-0.15, -0.1) is 0 Å². The maximum atomic E-state index is 11.3. The molecular weight excluding hydrogens is 196 g/mol. The summed E-state index contributed by atoms with van der Waals surface area (Å²) in [6, 6.07) is -0.854. The van der Waals surface area contributed by atoms with Crippen molar-refractivity contribution in [1.82, 2.24) is 5.32 Å². The number of rotatable bonds is 4. The topological polar surface area (TPSA) is 81.4 Å². The van der Waals surface area contributed by atoms with Gasteiger partial charge in [-0.1, -0.05) is 6.58 Å². The SMILES string of the molecule is C=CC(=O)NCC(N)C(=O)OC(C)(C)C. The number of carbonyl (C=O) groups excluding carboxylic acids is 2. The van der Waals surface area contributed by atoms with Crippen LogP contribution in [0.15, 0.2) is 12.7 Å². The molecule has 0 bridgehead atoms. The normalized spacial score (nSPS) is 12.8. The predicted molar refractivity (Wildman–Crippen MR) is 57.0 cm³/mol. The van der Waals surface area contributed by atoms with Gasteiger partial charge in [-0.3, -0.25) is 9.59 Å². The lowest BCUT2D eigenvalue weighted by Gasteiger charge is -2.22. The lowest BCUT2D eigenvalue weighted by molar-refractivity contribution is -0.156. The van der Waals surface area contributed by atoms with Gasteiger partial charge in [0.25, 0.3) is 0 Å². The molecule has 0 aromatic heterocycles. The van der Waals surface area contributed by atoms with Gasteiger partial charge in [0.2, 0.25) is 5.91 Å². The Morgan fingerprint density at radius 2 is 2.07 bits per heavy atom. The molecule has 0 heterocycles. The van der Waals surface area contributed by atoms with E-state index in [2.05, 4.69) is 11.9 Å². The number of esters is 1. The monoisotopic (exact) mass is 214 g/mol. The van der Waals surface area contributed by atoms with E-state index in [4.69, 9.17) is 10.5 Å². The fourth-order valence-corrected chi connectivity index (χ4v) is 0.744. The molecule has 0 aliphatic heterocycles. The zero-order valence-corrected chi connectivity index (χ0v) is 9.37. The van der Waals surface area contributed by atoms with Crippen LogP contribution in [0.4, 0.5) is 0 Å². The summed E-state index contributed by atoms with van der Waals surface area (Å²) < 4.78 is 5.02. The third-order valence-corrected chi connectivity index (χ3v) is 1.39. The lowest BCUT2D eigenvalue weighted by Crippen LogP contribution is -2.45. The summed E-state index contributed by atoms with van der Waals surface area (Å²) in [5.41, 5.74) is 4.93. The number of ether oxygens (including phenoxy) is 1. The number of amides is 1. The van der Waals surface area contributed by atoms with Crippen LogP contribution < -0.4 is 11.1 Å². The Labute approximate surface area is 89.7 Å². The highest BCUT2D eigenvalue weighted by Crippen LogP contribution is 2.07. The third kappa shape index (κ3) is 6.68. The molecule has 1 unspecified atom stereocenters. The van der Waals surface area contributed by atoms with Crippen LogP contribution in [0.1, 0.15) is 20.8 Å². The summed E-state index contributed by atoms with van der Waals surface area (Å²) in [6.45, 7) is 8.57. The first-order valence-electron chi connectivity index (χ1n) is 4.65. The van der Waals surface area contributed by atoms with Crippen molar-refractivity contribution in [3.63, 3.8) is 0 Å². The number of hydrogen-bond acceptors (Lipinski definition) is 4. The van der Waals surface area contributed by atoms with Crippen molar-refractivity contribution >= 4 is 11.9 Å². The van der Waals surface area contributed by atoms with Crippen molar-refractivity contribution < 1.29 is 14.3 Å². The molecule has 86 valence electrons. The first-order valence-corrected chi connectivity index (χ1v) is 4.65. The highest BCUT2D eigenvalue weighted by molar-refractivity contribution is 5.87. The summed E-state index contributed by atoms with van der Waals surface area (Å²) in [5, 5.41) is 2.42. The first-order chi connectivity index (χ1) is 6.76. The van der Waals surface area contributed by atoms with Crippen LogP contribution in [-0.2, 0) is 14.3 Å². The van der Waals surface area contributed by atoms with Crippen molar-refractivity contribution in [3.8, 4) is 0 Å². The second kappa shape index (κ2) is 5.50. The molecule has 3 N–H and O–H groups in total. The molecule has 0 fully saturated rings. The van der Waals surface area contributed by atoms with Crippen molar-refractivity contribution in [3.05, 3.63) is 12.7 Å². The van der Waals surface area contributed by atoms with Gasteiger partial charge in [-0.25, -0.2) is 0 Å². The van der Waals surface area contributed by atoms with Gasteiger partial charge in [0.05, 0.1) is 0 Å². The van der Waals surface area contributed by atoms with Crippen molar-refractivity contribution in [2.45, 2.75) is 32.4 Å². The van der Waals surface area contributed by atoms with E-state index >= 15 is 0 Å². The third-order valence-electron chi connectivity index (χ3n) is 1.39. The smallest absolute Gasteiger partial charge is 0.325 e. The van der Waals surface area contributed by atoms with Crippen LogP contribution in [0.3, 0.4) is 0 Å². The Balaban J connectivity index is 4.00. The second-order valence-corrected chi connectivity index (χ2v) is 4.09. The number of nitrogens with one attached hydrogen (secondary N) is 1. The molecule has 0 rings (SSSR count). The number of carbonyl (C=O) groups is 2. The minimum Gasteiger partial charge on any atom is -0.459 e. The Bertz CT molecular complexity index is 256. The molecule has 5 heteroatoms. The molecular formula is C10H18N2O3. The van der Waals surface area contributed by atoms with Gasteiger partial charge < -0.3 is 15.8 Å². The van der Waals surface area contributed by atoms with E-state index in [9.17, 15) is 9.59 Å². The zero-order valence-electron chi connectivity index (χ0n) is 9.37.